The summed E-state index contributed by atoms with van der Waals surface area (Å²) >= 11 is 1.35. The number of thiazole rings is 1. The number of H-pyrrole nitrogens is 1. The maximum atomic E-state index is 13.0. The van der Waals surface area contributed by atoms with Gasteiger partial charge >= 0.3 is 5.69 Å². The van der Waals surface area contributed by atoms with Crippen LogP contribution in [0, 0.1) is 12.8 Å². The van der Waals surface area contributed by atoms with Crippen LogP contribution in [0.2, 0.25) is 0 Å². The first-order valence-electron chi connectivity index (χ1n) is 9.09. The molecule has 0 fully saturated rings. The number of aromatic amines is 1. The number of rotatable bonds is 5. The molecule has 0 radical (unpaired) electrons. The van der Waals surface area contributed by atoms with Crippen LogP contribution in [0.25, 0.3) is 11.0 Å². The molecule has 0 unspecified atom stereocenters. The number of nitrogens with one attached hydrogen (secondary N) is 2. The number of amides is 1. The lowest BCUT2D eigenvalue weighted by molar-refractivity contribution is 0.102. The van der Waals surface area contributed by atoms with Gasteiger partial charge in [0.25, 0.3) is 11.5 Å². The van der Waals surface area contributed by atoms with Gasteiger partial charge in [0.05, 0.1) is 10.9 Å². The monoisotopic (exact) mass is 401 g/mol. The zero-order chi connectivity index (χ0) is 20.6. The van der Waals surface area contributed by atoms with Gasteiger partial charge in [0.15, 0.2) is 10.8 Å². The van der Waals surface area contributed by atoms with Crippen LogP contribution in [0.3, 0.4) is 0 Å². The van der Waals surface area contributed by atoms with Gasteiger partial charge in [-0.3, -0.25) is 24.5 Å². The fourth-order valence-corrected chi connectivity index (χ4v) is 3.54. The highest BCUT2D eigenvalue weighted by Crippen LogP contribution is 2.22. The Labute approximate surface area is 165 Å². The van der Waals surface area contributed by atoms with Gasteiger partial charge < -0.3 is 0 Å². The summed E-state index contributed by atoms with van der Waals surface area (Å²) in [5.41, 5.74) is -0.102. The molecule has 28 heavy (non-hydrogen) atoms. The van der Waals surface area contributed by atoms with E-state index in [1.165, 1.54) is 15.9 Å². The minimum atomic E-state index is -0.622. The van der Waals surface area contributed by atoms with Crippen molar-refractivity contribution in [2.45, 2.75) is 47.1 Å². The minimum absolute atomic E-state index is 0.0138. The van der Waals surface area contributed by atoms with E-state index in [1.807, 2.05) is 34.6 Å². The first-order chi connectivity index (χ1) is 13.2. The maximum Gasteiger partial charge on any atom is 0.330 e. The van der Waals surface area contributed by atoms with Crippen molar-refractivity contribution < 1.29 is 4.79 Å². The zero-order valence-corrected chi connectivity index (χ0v) is 17.3. The Morgan fingerprint density at radius 2 is 2.00 bits per heavy atom. The van der Waals surface area contributed by atoms with Crippen molar-refractivity contribution in [3.8, 4) is 0 Å². The topological polar surface area (TPSA) is 110 Å². The van der Waals surface area contributed by atoms with Gasteiger partial charge in [0.1, 0.15) is 0 Å². The molecule has 0 atom stereocenters. The molecule has 1 amide bonds. The van der Waals surface area contributed by atoms with Crippen molar-refractivity contribution >= 4 is 33.4 Å². The molecule has 0 aliphatic heterocycles. The number of aromatic nitrogens is 4. The van der Waals surface area contributed by atoms with E-state index >= 15 is 0 Å². The van der Waals surface area contributed by atoms with Crippen molar-refractivity contribution in [1.29, 1.82) is 0 Å². The van der Waals surface area contributed by atoms with E-state index in [-0.39, 0.29) is 28.4 Å². The molecule has 9 heteroatoms. The van der Waals surface area contributed by atoms with Crippen molar-refractivity contribution in [1.82, 2.24) is 19.5 Å². The van der Waals surface area contributed by atoms with E-state index in [1.54, 1.807) is 12.3 Å². The summed E-state index contributed by atoms with van der Waals surface area (Å²) in [5.74, 6) is -0.282. The lowest BCUT2D eigenvalue weighted by atomic mass is 10.0. The van der Waals surface area contributed by atoms with Crippen molar-refractivity contribution in [2.75, 3.05) is 5.32 Å². The Morgan fingerprint density at radius 3 is 2.57 bits per heavy atom. The molecule has 3 heterocycles. The number of aryl methyl sites for hydroxylation is 1. The Hall–Kier alpha value is -2.81. The summed E-state index contributed by atoms with van der Waals surface area (Å²) in [6.07, 6.45) is 1.66. The Balaban J connectivity index is 2.27. The van der Waals surface area contributed by atoms with Gasteiger partial charge in [-0.15, -0.1) is 11.3 Å². The third kappa shape index (κ3) is 3.89. The van der Waals surface area contributed by atoms with Crippen LogP contribution in [0.1, 0.15) is 54.5 Å². The van der Waals surface area contributed by atoms with Crippen LogP contribution >= 0.6 is 11.3 Å². The third-order valence-corrected chi connectivity index (χ3v) is 5.02. The van der Waals surface area contributed by atoms with Crippen LogP contribution in [0.15, 0.2) is 21.9 Å². The molecule has 0 saturated heterocycles. The lowest BCUT2D eigenvalue weighted by Crippen LogP contribution is -2.33. The van der Waals surface area contributed by atoms with Gasteiger partial charge in [-0.25, -0.2) is 14.8 Å². The van der Waals surface area contributed by atoms with Crippen LogP contribution in [0.5, 0.6) is 0 Å². The molecule has 3 rings (SSSR count). The minimum Gasteiger partial charge on any atom is -0.298 e. The molecule has 8 nitrogen and oxygen atoms in total. The summed E-state index contributed by atoms with van der Waals surface area (Å²) in [7, 11) is 0. The number of anilines is 1. The smallest absolute Gasteiger partial charge is 0.298 e. The standard InChI is InChI=1S/C19H23N5O3S/c1-9(2)8-24-15-14(17(26)23-19(24)27)12(6-13(21-15)10(3)4)16(25)22-18-20-7-11(5)28-18/h6-7,9-10H,8H2,1-5H3,(H,20,22,25)(H,23,26,27). The van der Waals surface area contributed by atoms with E-state index in [0.29, 0.717) is 17.4 Å². The number of pyridine rings is 1. The SMILES string of the molecule is Cc1cnc(NC(=O)c2cc(C(C)C)nc3c2c(=O)[nH]c(=O)n3CC(C)C)s1. The number of carbonyl (C=O) groups excluding carboxylic acids is 1. The fraction of sp³-hybridized carbons (Fsp3) is 0.421. The predicted molar refractivity (Wildman–Crippen MR) is 110 cm³/mol. The molecule has 3 aromatic heterocycles. The van der Waals surface area contributed by atoms with Crippen molar-refractivity contribution in [3.63, 3.8) is 0 Å². The largest absolute Gasteiger partial charge is 0.330 e. The van der Waals surface area contributed by atoms with Crippen LogP contribution in [0.4, 0.5) is 5.13 Å². The Morgan fingerprint density at radius 1 is 1.29 bits per heavy atom. The fourth-order valence-electron chi connectivity index (χ4n) is 2.88. The van der Waals surface area contributed by atoms with Gasteiger partial charge in [-0.05, 0) is 24.8 Å². The number of hydrogen-bond donors (Lipinski definition) is 2. The van der Waals surface area contributed by atoms with Gasteiger partial charge in [0, 0.05) is 23.3 Å². The molecule has 148 valence electrons. The second kappa shape index (κ2) is 7.67. The zero-order valence-electron chi connectivity index (χ0n) is 16.5. The molecule has 0 aliphatic carbocycles. The Bertz CT molecular complexity index is 1160. The highest BCUT2D eigenvalue weighted by Gasteiger charge is 2.21. The van der Waals surface area contributed by atoms with E-state index in [2.05, 4.69) is 20.3 Å². The number of carbonyl (C=O) groups is 1. The van der Waals surface area contributed by atoms with Crippen LogP contribution in [-0.4, -0.2) is 25.4 Å². The molecular formula is C19H23N5O3S. The van der Waals surface area contributed by atoms with E-state index in [9.17, 15) is 14.4 Å². The molecule has 0 saturated carbocycles. The lowest BCUT2D eigenvalue weighted by Gasteiger charge is -2.15. The van der Waals surface area contributed by atoms with Crippen LogP contribution < -0.4 is 16.6 Å². The second-order valence-electron chi connectivity index (χ2n) is 7.44. The highest BCUT2D eigenvalue weighted by molar-refractivity contribution is 7.15. The van der Waals surface area contributed by atoms with E-state index in [4.69, 9.17) is 0 Å². The van der Waals surface area contributed by atoms with E-state index < -0.39 is 17.2 Å². The molecule has 3 aromatic rings. The third-order valence-electron chi connectivity index (χ3n) is 4.19. The Kier molecular flexibility index (Phi) is 5.46. The first-order valence-corrected chi connectivity index (χ1v) is 9.90. The summed E-state index contributed by atoms with van der Waals surface area (Å²) in [6.45, 7) is 10.1. The normalized spacial score (nSPS) is 11.5. The van der Waals surface area contributed by atoms with E-state index in [0.717, 1.165) is 4.88 Å². The van der Waals surface area contributed by atoms with Gasteiger partial charge in [-0.1, -0.05) is 27.7 Å². The summed E-state index contributed by atoms with van der Waals surface area (Å²) in [5, 5.41) is 3.30. The van der Waals surface area contributed by atoms with Crippen LogP contribution in [-0.2, 0) is 6.54 Å². The average molecular weight is 401 g/mol. The molecule has 0 aliphatic rings. The first kappa shape index (κ1) is 19.9. The average Bonchev–Trinajstić information content (AvgIpc) is 3.01. The number of fused-ring (bicyclic) bond motifs is 1. The maximum absolute atomic E-state index is 13.0. The second-order valence-corrected chi connectivity index (χ2v) is 8.68. The summed E-state index contributed by atoms with van der Waals surface area (Å²) in [6, 6.07) is 1.61. The van der Waals surface area contributed by atoms with Gasteiger partial charge in [-0.2, -0.15) is 0 Å². The number of hydrogen-bond acceptors (Lipinski definition) is 6. The molecule has 2 N–H and O–H groups in total. The quantitative estimate of drug-likeness (QED) is 0.683. The summed E-state index contributed by atoms with van der Waals surface area (Å²) < 4.78 is 1.43. The predicted octanol–water partition coefficient (Wildman–Crippen LogP) is 2.88. The molecule has 0 aromatic carbocycles. The number of nitrogens with zero attached hydrogens (tertiary/aromatic N) is 3. The summed E-state index contributed by atoms with van der Waals surface area (Å²) in [4.78, 5) is 49.9. The van der Waals surface area contributed by atoms with Crippen molar-refractivity contribution in [3.05, 3.63) is 49.2 Å². The van der Waals surface area contributed by atoms with Gasteiger partial charge in [0.2, 0.25) is 0 Å². The molecular weight excluding hydrogens is 378 g/mol. The highest BCUT2D eigenvalue weighted by atomic mass is 32.1. The van der Waals surface area contributed by atoms with Crippen molar-refractivity contribution in [2.24, 2.45) is 5.92 Å². The molecule has 0 spiro atoms. The molecule has 0 bridgehead atoms.